The number of halogens is 1. The average molecular weight is 271 g/mol. The van der Waals surface area contributed by atoms with Crippen LogP contribution < -0.4 is 5.32 Å². The zero-order chi connectivity index (χ0) is 14.7. The van der Waals surface area contributed by atoms with Crippen molar-refractivity contribution < 1.29 is 9.18 Å². The van der Waals surface area contributed by atoms with Crippen molar-refractivity contribution in [2.45, 2.75) is 13.8 Å². The number of terminal acetylenes is 1. The standard InChI is InChI=1S/C15H14FN3O/c1-4-9-17-15(20)14-10(2)18-19(11(14)3)13-7-5-12(16)6-8-13/h1,5-8H,9H2,2-3H3,(H,17,20). The molecule has 0 spiro atoms. The third-order valence-electron chi connectivity index (χ3n) is 2.94. The molecule has 0 aliphatic heterocycles. The van der Waals surface area contributed by atoms with Crippen LogP contribution in [0.15, 0.2) is 24.3 Å². The van der Waals surface area contributed by atoms with Crippen LogP contribution in [-0.4, -0.2) is 22.2 Å². The Hall–Kier alpha value is -2.61. The number of hydrogen-bond donors (Lipinski definition) is 1. The summed E-state index contributed by atoms with van der Waals surface area (Å²) < 4.78 is 14.6. The summed E-state index contributed by atoms with van der Waals surface area (Å²) in [5, 5.41) is 6.94. The van der Waals surface area contributed by atoms with Crippen molar-refractivity contribution in [1.29, 1.82) is 0 Å². The Bertz CT molecular complexity index is 680. The minimum absolute atomic E-state index is 0.166. The number of carbonyl (C=O) groups excluding carboxylic acids is 1. The molecule has 4 nitrogen and oxygen atoms in total. The first kappa shape index (κ1) is 13.8. The second-order valence-corrected chi connectivity index (χ2v) is 4.32. The molecule has 0 fully saturated rings. The molecule has 0 bridgehead atoms. The molecule has 0 radical (unpaired) electrons. The lowest BCUT2D eigenvalue weighted by molar-refractivity contribution is 0.0957. The summed E-state index contributed by atoms with van der Waals surface area (Å²) in [6, 6.07) is 5.92. The van der Waals surface area contributed by atoms with Crippen molar-refractivity contribution in [2.24, 2.45) is 0 Å². The fraction of sp³-hybridized carbons (Fsp3) is 0.200. The van der Waals surface area contributed by atoms with Gasteiger partial charge in [0.15, 0.2) is 0 Å². The number of benzene rings is 1. The normalized spacial score (nSPS) is 10.1. The number of hydrogen-bond acceptors (Lipinski definition) is 2. The van der Waals surface area contributed by atoms with Gasteiger partial charge in [0, 0.05) is 0 Å². The van der Waals surface area contributed by atoms with Gasteiger partial charge < -0.3 is 5.32 Å². The predicted molar refractivity (Wildman–Crippen MR) is 74.2 cm³/mol. The van der Waals surface area contributed by atoms with Crippen molar-refractivity contribution in [3.8, 4) is 18.0 Å². The SMILES string of the molecule is C#CCNC(=O)c1c(C)nn(-c2ccc(F)cc2)c1C. The highest BCUT2D eigenvalue weighted by Crippen LogP contribution is 2.18. The number of amides is 1. The summed E-state index contributed by atoms with van der Waals surface area (Å²) in [6.07, 6.45) is 5.12. The van der Waals surface area contributed by atoms with E-state index in [1.165, 1.54) is 12.1 Å². The largest absolute Gasteiger partial charge is 0.341 e. The maximum Gasteiger partial charge on any atom is 0.255 e. The molecule has 0 aliphatic rings. The third kappa shape index (κ3) is 2.54. The maximum atomic E-state index is 12.9. The highest BCUT2D eigenvalue weighted by molar-refractivity contribution is 5.96. The van der Waals surface area contributed by atoms with Gasteiger partial charge in [-0.3, -0.25) is 4.79 Å². The monoisotopic (exact) mass is 271 g/mol. The summed E-state index contributed by atoms with van der Waals surface area (Å²) in [5.74, 6) is 1.78. The first-order valence-electron chi connectivity index (χ1n) is 6.08. The molecular formula is C15H14FN3O. The van der Waals surface area contributed by atoms with Crippen LogP contribution >= 0.6 is 0 Å². The van der Waals surface area contributed by atoms with E-state index in [1.807, 2.05) is 0 Å². The van der Waals surface area contributed by atoms with Crippen LogP contribution in [0.25, 0.3) is 5.69 Å². The molecule has 0 aliphatic carbocycles. The Kier molecular flexibility index (Phi) is 3.85. The van der Waals surface area contributed by atoms with E-state index in [0.29, 0.717) is 22.6 Å². The smallest absolute Gasteiger partial charge is 0.255 e. The Morgan fingerprint density at radius 1 is 1.40 bits per heavy atom. The van der Waals surface area contributed by atoms with E-state index in [9.17, 15) is 9.18 Å². The zero-order valence-corrected chi connectivity index (χ0v) is 11.3. The second kappa shape index (κ2) is 5.57. The molecule has 5 heteroatoms. The molecule has 0 saturated carbocycles. The van der Waals surface area contributed by atoms with Gasteiger partial charge in [0.05, 0.1) is 29.2 Å². The maximum absolute atomic E-state index is 12.9. The fourth-order valence-electron chi connectivity index (χ4n) is 2.02. The van der Waals surface area contributed by atoms with Crippen molar-refractivity contribution in [3.05, 3.63) is 47.0 Å². The van der Waals surface area contributed by atoms with E-state index in [4.69, 9.17) is 6.42 Å². The van der Waals surface area contributed by atoms with E-state index in [1.54, 1.807) is 30.7 Å². The molecule has 2 aromatic rings. The molecule has 1 N–H and O–H groups in total. The minimum Gasteiger partial charge on any atom is -0.341 e. The van der Waals surface area contributed by atoms with Gasteiger partial charge in [-0.25, -0.2) is 9.07 Å². The van der Waals surface area contributed by atoms with E-state index < -0.39 is 0 Å². The van der Waals surface area contributed by atoms with E-state index in [-0.39, 0.29) is 18.3 Å². The van der Waals surface area contributed by atoms with Crippen LogP contribution in [0.3, 0.4) is 0 Å². The lowest BCUT2D eigenvalue weighted by Crippen LogP contribution is -2.24. The van der Waals surface area contributed by atoms with Gasteiger partial charge in [0.1, 0.15) is 5.82 Å². The van der Waals surface area contributed by atoms with Crippen LogP contribution in [-0.2, 0) is 0 Å². The topological polar surface area (TPSA) is 46.9 Å². The minimum atomic E-state index is -0.317. The Labute approximate surface area is 116 Å². The molecule has 2 rings (SSSR count). The molecule has 20 heavy (non-hydrogen) atoms. The van der Waals surface area contributed by atoms with E-state index in [0.717, 1.165) is 0 Å². The summed E-state index contributed by atoms with van der Waals surface area (Å²) >= 11 is 0. The number of nitrogens with one attached hydrogen (secondary N) is 1. The van der Waals surface area contributed by atoms with Crippen molar-refractivity contribution in [2.75, 3.05) is 6.54 Å². The van der Waals surface area contributed by atoms with Gasteiger partial charge in [-0.05, 0) is 38.1 Å². The summed E-state index contributed by atoms with van der Waals surface area (Å²) in [7, 11) is 0. The fourth-order valence-corrected chi connectivity index (χ4v) is 2.02. The quantitative estimate of drug-likeness (QED) is 0.868. The molecule has 0 saturated heterocycles. The highest BCUT2D eigenvalue weighted by atomic mass is 19.1. The summed E-state index contributed by atoms with van der Waals surface area (Å²) in [6.45, 7) is 3.70. The number of aromatic nitrogens is 2. The summed E-state index contributed by atoms with van der Waals surface area (Å²) in [4.78, 5) is 12.0. The molecule has 102 valence electrons. The van der Waals surface area contributed by atoms with Crippen molar-refractivity contribution in [1.82, 2.24) is 15.1 Å². The van der Waals surface area contributed by atoms with Crippen LogP contribution in [0.1, 0.15) is 21.7 Å². The van der Waals surface area contributed by atoms with Crippen LogP contribution in [0.4, 0.5) is 4.39 Å². The molecule has 1 aromatic carbocycles. The lowest BCUT2D eigenvalue weighted by Gasteiger charge is -2.05. The highest BCUT2D eigenvalue weighted by Gasteiger charge is 2.18. The summed E-state index contributed by atoms with van der Waals surface area (Å²) in [5.41, 5.74) is 2.47. The van der Waals surface area contributed by atoms with Gasteiger partial charge >= 0.3 is 0 Å². The first-order valence-corrected chi connectivity index (χ1v) is 6.08. The Balaban J connectivity index is 2.41. The van der Waals surface area contributed by atoms with Crippen LogP contribution in [0, 0.1) is 32.0 Å². The van der Waals surface area contributed by atoms with Crippen molar-refractivity contribution >= 4 is 5.91 Å². The van der Waals surface area contributed by atoms with Gasteiger partial charge in [0.25, 0.3) is 5.91 Å². The van der Waals surface area contributed by atoms with Crippen LogP contribution in [0.5, 0.6) is 0 Å². The predicted octanol–water partition coefficient (Wildman–Crippen LogP) is 1.99. The number of aryl methyl sites for hydroxylation is 1. The Morgan fingerprint density at radius 3 is 2.65 bits per heavy atom. The molecule has 1 aromatic heterocycles. The van der Waals surface area contributed by atoms with Gasteiger partial charge in [-0.2, -0.15) is 5.10 Å². The molecule has 0 atom stereocenters. The third-order valence-corrected chi connectivity index (χ3v) is 2.94. The lowest BCUT2D eigenvalue weighted by atomic mass is 10.2. The van der Waals surface area contributed by atoms with Gasteiger partial charge in [0.2, 0.25) is 0 Å². The second-order valence-electron chi connectivity index (χ2n) is 4.32. The average Bonchev–Trinajstić information content (AvgIpc) is 2.72. The molecular weight excluding hydrogens is 257 g/mol. The van der Waals surface area contributed by atoms with Crippen molar-refractivity contribution in [3.63, 3.8) is 0 Å². The first-order chi connectivity index (χ1) is 9.54. The van der Waals surface area contributed by atoms with E-state index in [2.05, 4.69) is 16.3 Å². The molecule has 1 amide bonds. The van der Waals surface area contributed by atoms with Crippen LogP contribution in [0.2, 0.25) is 0 Å². The zero-order valence-electron chi connectivity index (χ0n) is 11.3. The Morgan fingerprint density at radius 2 is 2.05 bits per heavy atom. The molecule has 0 unspecified atom stereocenters. The van der Waals surface area contributed by atoms with Gasteiger partial charge in [-0.1, -0.05) is 5.92 Å². The number of rotatable bonds is 3. The number of nitrogens with zero attached hydrogens (tertiary/aromatic N) is 2. The van der Waals surface area contributed by atoms with Gasteiger partial charge in [-0.15, -0.1) is 6.42 Å². The number of carbonyl (C=O) groups is 1. The molecule has 1 heterocycles. The van der Waals surface area contributed by atoms with E-state index >= 15 is 0 Å².